The molecule has 2 atom stereocenters. The second kappa shape index (κ2) is 5.55. The van der Waals surface area contributed by atoms with Crippen LogP contribution in [0.4, 0.5) is 0 Å². The van der Waals surface area contributed by atoms with E-state index in [4.69, 9.17) is 4.74 Å². The molecule has 1 spiro atoms. The van der Waals surface area contributed by atoms with Gasteiger partial charge in [-0.3, -0.25) is 0 Å². The zero-order valence-corrected chi connectivity index (χ0v) is 11.6. The number of ether oxygens (including phenoxy) is 1. The average molecular weight is 261 g/mol. The van der Waals surface area contributed by atoms with E-state index in [0.717, 1.165) is 25.3 Å². The molecule has 2 aliphatic rings. The first-order chi connectivity index (χ1) is 9.35. The van der Waals surface area contributed by atoms with Crippen LogP contribution in [0.15, 0.2) is 18.3 Å². The van der Waals surface area contributed by atoms with Gasteiger partial charge in [0.05, 0.1) is 11.8 Å². The maximum absolute atomic E-state index is 5.93. The molecule has 0 amide bonds. The molecule has 0 radical (unpaired) electrons. The highest BCUT2D eigenvalue weighted by atomic mass is 16.5. The summed E-state index contributed by atoms with van der Waals surface area (Å²) in [6.45, 7) is 3.76. The summed E-state index contributed by atoms with van der Waals surface area (Å²) < 4.78 is 5.93. The second-order valence-electron chi connectivity index (χ2n) is 5.77. The molecule has 2 aliphatic carbocycles. The van der Waals surface area contributed by atoms with Crippen LogP contribution in [0, 0.1) is 5.41 Å². The van der Waals surface area contributed by atoms with Crippen molar-refractivity contribution in [3.63, 3.8) is 0 Å². The Hall–Kier alpha value is -1.00. The molecule has 1 heterocycles. The van der Waals surface area contributed by atoms with E-state index >= 15 is 0 Å². The molecule has 1 N–H and O–H groups in total. The standard InChI is InChI=1S/C15H23N3O/c1-2-19-14-10-13(15(14)7-3-4-8-15)16-11-12-6-5-9-17-18-12/h5-6,9,13-14,16H,2-4,7-8,10-11H2,1H3. The van der Waals surface area contributed by atoms with Gasteiger partial charge < -0.3 is 10.1 Å². The Labute approximate surface area is 115 Å². The molecule has 0 aliphatic heterocycles. The van der Waals surface area contributed by atoms with Gasteiger partial charge in [0.1, 0.15) is 0 Å². The lowest BCUT2D eigenvalue weighted by atomic mass is 9.60. The fraction of sp³-hybridized carbons (Fsp3) is 0.733. The first-order valence-corrected chi connectivity index (χ1v) is 7.47. The normalized spacial score (nSPS) is 28.5. The Kier molecular flexibility index (Phi) is 3.80. The summed E-state index contributed by atoms with van der Waals surface area (Å²) in [5.74, 6) is 0. The van der Waals surface area contributed by atoms with E-state index in [0.29, 0.717) is 17.6 Å². The SMILES string of the molecule is CCOC1CC(NCc2cccnn2)C12CCCC2. The lowest BCUT2D eigenvalue weighted by molar-refractivity contribution is -0.130. The topological polar surface area (TPSA) is 47.0 Å². The van der Waals surface area contributed by atoms with Crippen LogP contribution in [-0.4, -0.2) is 29.0 Å². The first-order valence-electron chi connectivity index (χ1n) is 7.47. The minimum absolute atomic E-state index is 0.401. The summed E-state index contributed by atoms with van der Waals surface area (Å²) in [7, 11) is 0. The Balaban J connectivity index is 1.59. The Bertz CT molecular complexity index is 403. The fourth-order valence-electron chi connectivity index (χ4n) is 3.83. The van der Waals surface area contributed by atoms with Crippen molar-refractivity contribution in [2.24, 2.45) is 5.41 Å². The number of rotatable bonds is 5. The number of hydrogen-bond acceptors (Lipinski definition) is 4. The molecule has 3 rings (SSSR count). The van der Waals surface area contributed by atoms with Crippen molar-refractivity contribution in [3.8, 4) is 0 Å². The molecule has 2 unspecified atom stereocenters. The van der Waals surface area contributed by atoms with Crippen molar-refractivity contribution < 1.29 is 4.74 Å². The highest BCUT2D eigenvalue weighted by Gasteiger charge is 2.56. The minimum atomic E-state index is 0.401. The Morgan fingerprint density at radius 2 is 2.26 bits per heavy atom. The zero-order valence-electron chi connectivity index (χ0n) is 11.6. The molecule has 104 valence electrons. The van der Waals surface area contributed by atoms with Crippen LogP contribution in [-0.2, 0) is 11.3 Å². The van der Waals surface area contributed by atoms with Gasteiger partial charge in [-0.1, -0.05) is 12.8 Å². The maximum Gasteiger partial charge on any atom is 0.0769 e. The highest BCUT2D eigenvalue weighted by molar-refractivity contribution is 5.11. The van der Waals surface area contributed by atoms with E-state index in [1.807, 2.05) is 12.1 Å². The van der Waals surface area contributed by atoms with Crippen LogP contribution >= 0.6 is 0 Å². The van der Waals surface area contributed by atoms with E-state index < -0.39 is 0 Å². The predicted molar refractivity (Wildman–Crippen MR) is 73.6 cm³/mol. The molecule has 1 aromatic rings. The largest absolute Gasteiger partial charge is 0.378 e. The van der Waals surface area contributed by atoms with E-state index in [1.165, 1.54) is 25.7 Å². The first kappa shape index (κ1) is 13.0. The molecular formula is C15H23N3O. The van der Waals surface area contributed by atoms with Crippen LogP contribution in [0.5, 0.6) is 0 Å². The quantitative estimate of drug-likeness (QED) is 0.883. The Morgan fingerprint density at radius 3 is 2.95 bits per heavy atom. The van der Waals surface area contributed by atoms with E-state index in [1.54, 1.807) is 6.20 Å². The lowest BCUT2D eigenvalue weighted by Gasteiger charge is -2.54. The van der Waals surface area contributed by atoms with Gasteiger partial charge >= 0.3 is 0 Å². The van der Waals surface area contributed by atoms with Crippen LogP contribution in [0.3, 0.4) is 0 Å². The second-order valence-corrected chi connectivity index (χ2v) is 5.77. The molecular weight excluding hydrogens is 238 g/mol. The molecule has 0 aromatic carbocycles. The molecule has 0 bridgehead atoms. The van der Waals surface area contributed by atoms with Crippen molar-refractivity contribution in [3.05, 3.63) is 24.0 Å². The van der Waals surface area contributed by atoms with Gasteiger partial charge in [0.15, 0.2) is 0 Å². The monoisotopic (exact) mass is 261 g/mol. The van der Waals surface area contributed by atoms with Crippen molar-refractivity contribution in [1.82, 2.24) is 15.5 Å². The molecule has 2 fully saturated rings. The van der Waals surface area contributed by atoms with Crippen LogP contribution in [0.2, 0.25) is 0 Å². The zero-order chi connectivity index (χ0) is 13.1. The Morgan fingerprint density at radius 1 is 1.42 bits per heavy atom. The van der Waals surface area contributed by atoms with Crippen LogP contribution in [0.25, 0.3) is 0 Å². The molecule has 1 aromatic heterocycles. The summed E-state index contributed by atoms with van der Waals surface area (Å²) in [4.78, 5) is 0. The van der Waals surface area contributed by atoms with Crippen LogP contribution < -0.4 is 5.32 Å². The highest BCUT2D eigenvalue weighted by Crippen LogP contribution is 2.54. The molecule has 0 saturated heterocycles. The van der Waals surface area contributed by atoms with Gasteiger partial charge in [-0.25, -0.2) is 0 Å². The van der Waals surface area contributed by atoms with Gasteiger partial charge in [0.25, 0.3) is 0 Å². The average Bonchev–Trinajstić information content (AvgIpc) is 2.95. The third-order valence-electron chi connectivity index (χ3n) is 4.84. The maximum atomic E-state index is 5.93. The number of hydrogen-bond donors (Lipinski definition) is 1. The smallest absolute Gasteiger partial charge is 0.0769 e. The molecule has 2 saturated carbocycles. The third-order valence-corrected chi connectivity index (χ3v) is 4.84. The molecule has 19 heavy (non-hydrogen) atoms. The van der Waals surface area contributed by atoms with Crippen molar-refractivity contribution in [2.45, 2.75) is 57.7 Å². The fourth-order valence-corrected chi connectivity index (χ4v) is 3.83. The van der Waals surface area contributed by atoms with Crippen LogP contribution in [0.1, 0.15) is 44.7 Å². The van der Waals surface area contributed by atoms with Gasteiger partial charge in [-0.15, -0.1) is 0 Å². The minimum Gasteiger partial charge on any atom is -0.378 e. The lowest BCUT2D eigenvalue weighted by Crippen LogP contribution is -2.62. The van der Waals surface area contributed by atoms with E-state index in [9.17, 15) is 0 Å². The van der Waals surface area contributed by atoms with Gasteiger partial charge in [-0.05, 0) is 38.3 Å². The third kappa shape index (κ3) is 2.39. The summed E-state index contributed by atoms with van der Waals surface area (Å²) in [5.41, 5.74) is 1.42. The number of nitrogens with zero attached hydrogens (tertiary/aromatic N) is 2. The van der Waals surface area contributed by atoms with Crippen molar-refractivity contribution in [1.29, 1.82) is 0 Å². The summed E-state index contributed by atoms with van der Waals surface area (Å²) in [6, 6.07) is 4.56. The van der Waals surface area contributed by atoms with E-state index in [-0.39, 0.29) is 0 Å². The molecule has 4 heteroatoms. The number of nitrogens with one attached hydrogen (secondary N) is 1. The predicted octanol–water partition coefficient (Wildman–Crippen LogP) is 2.30. The van der Waals surface area contributed by atoms with E-state index in [2.05, 4.69) is 22.4 Å². The molecule has 4 nitrogen and oxygen atoms in total. The van der Waals surface area contributed by atoms with Gasteiger partial charge in [0.2, 0.25) is 0 Å². The summed E-state index contributed by atoms with van der Waals surface area (Å²) in [6.07, 6.45) is 8.68. The van der Waals surface area contributed by atoms with Crippen molar-refractivity contribution in [2.75, 3.05) is 6.61 Å². The number of aromatic nitrogens is 2. The summed E-state index contributed by atoms with van der Waals surface area (Å²) in [5, 5.41) is 11.7. The van der Waals surface area contributed by atoms with Crippen molar-refractivity contribution >= 4 is 0 Å². The van der Waals surface area contributed by atoms with Gasteiger partial charge in [0, 0.05) is 30.8 Å². The summed E-state index contributed by atoms with van der Waals surface area (Å²) >= 11 is 0. The van der Waals surface area contributed by atoms with Gasteiger partial charge in [-0.2, -0.15) is 10.2 Å².